The Hall–Kier alpha value is -1.86. The van der Waals surface area contributed by atoms with E-state index in [-0.39, 0.29) is 0 Å². The minimum atomic E-state index is 0.585. The van der Waals surface area contributed by atoms with Gasteiger partial charge < -0.3 is 0 Å². The van der Waals surface area contributed by atoms with E-state index < -0.39 is 0 Å². The van der Waals surface area contributed by atoms with Crippen molar-refractivity contribution in [3.63, 3.8) is 0 Å². The maximum atomic E-state index is 9.14. The van der Waals surface area contributed by atoms with Crippen LogP contribution in [0.5, 0.6) is 0 Å². The van der Waals surface area contributed by atoms with Gasteiger partial charge in [-0.1, -0.05) is 37.3 Å². The van der Waals surface area contributed by atoms with Crippen molar-refractivity contribution in [1.82, 2.24) is 9.97 Å². The minimum Gasteiger partial charge on any atom is -0.232 e. The fourth-order valence-electron chi connectivity index (χ4n) is 1.63. The van der Waals surface area contributed by atoms with Crippen molar-refractivity contribution in [1.29, 1.82) is 5.26 Å². The van der Waals surface area contributed by atoms with E-state index in [1.807, 2.05) is 44.2 Å². The van der Waals surface area contributed by atoms with Crippen molar-refractivity contribution < 1.29 is 0 Å². The van der Waals surface area contributed by atoms with E-state index >= 15 is 0 Å². The summed E-state index contributed by atoms with van der Waals surface area (Å²) in [6.45, 7) is 3.90. The molecule has 0 N–H and O–H groups in total. The molecule has 4 heteroatoms. The van der Waals surface area contributed by atoms with Crippen LogP contribution in [0.4, 0.5) is 0 Å². The Balaban J connectivity index is 2.55. The predicted molar refractivity (Wildman–Crippen MR) is 73.3 cm³/mol. The highest BCUT2D eigenvalue weighted by Gasteiger charge is 2.12. The Morgan fingerprint density at radius 1 is 1.22 bits per heavy atom. The van der Waals surface area contributed by atoms with Crippen LogP contribution in [-0.4, -0.2) is 15.7 Å². The summed E-state index contributed by atoms with van der Waals surface area (Å²) >= 11 is 1.58. The molecule has 2 aromatic rings. The molecule has 0 aliphatic rings. The maximum Gasteiger partial charge on any atom is 0.160 e. The fraction of sp³-hybridized carbons (Fsp3) is 0.214. The summed E-state index contributed by atoms with van der Waals surface area (Å²) in [7, 11) is 0. The van der Waals surface area contributed by atoms with Gasteiger partial charge in [0.25, 0.3) is 0 Å². The molecule has 3 nitrogen and oxygen atoms in total. The van der Waals surface area contributed by atoms with Gasteiger partial charge in [-0.25, -0.2) is 9.97 Å². The maximum absolute atomic E-state index is 9.14. The lowest BCUT2D eigenvalue weighted by Crippen LogP contribution is -1.99. The molecule has 0 saturated carbocycles. The molecule has 1 aromatic carbocycles. The molecule has 1 heterocycles. The van der Waals surface area contributed by atoms with Gasteiger partial charge in [-0.3, -0.25) is 0 Å². The first-order valence-electron chi connectivity index (χ1n) is 5.73. The number of aryl methyl sites for hydroxylation is 1. The summed E-state index contributed by atoms with van der Waals surface area (Å²) in [4.78, 5) is 8.90. The number of aromatic nitrogens is 2. The van der Waals surface area contributed by atoms with E-state index in [2.05, 4.69) is 16.0 Å². The zero-order chi connectivity index (χ0) is 13.0. The van der Waals surface area contributed by atoms with Gasteiger partial charge >= 0.3 is 0 Å². The van der Waals surface area contributed by atoms with Gasteiger partial charge in [0.05, 0.1) is 5.69 Å². The normalized spacial score (nSPS) is 10.1. The molecule has 0 aliphatic heterocycles. The lowest BCUT2D eigenvalue weighted by atomic mass is 10.2. The average Bonchev–Trinajstić information content (AvgIpc) is 2.40. The molecule has 0 aliphatic carbocycles. The molecule has 0 radical (unpaired) electrons. The van der Waals surface area contributed by atoms with E-state index in [0.717, 1.165) is 22.0 Å². The molecule has 0 atom stereocenters. The predicted octanol–water partition coefficient (Wildman–Crippen LogP) is 3.44. The molecule has 90 valence electrons. The monoisotopic (exact) mass is 255 g/mol. The van der Waals surface area contributed by atoms with E-state index in [0.29, 0.717) is 11.4 Å². The molecule has 0 bridgehead atoms. The highest BCUT2D eigenvalue weighted by atomic mass is 32.2. The number of hydrogen-bond donors (Lipinski definition) is 0. The topological polar surface area (TPSA) is 49.6 Å². The molecule has 0 saturated heterocycles. The number of benzene rings is 1. The van der Waals surface area contributed by atoms with Crippen LogP contribution < -0.4 is 0 Å². The van der Waals surface area contributed by atoms with Crippen molar-refractivity contribution in [2.45, 2.75) is 18.9 Å². The Kier molecular flexibility index (Phi) is 3.96. The first kappa shape index (κ1) is 12.6. The van der Waals surface area contributed by atoms with Crippen LogP contribution >= 0.6 is 11.8 Å². The summed E-state index contributed by atoms with van der Waals surface area (Å²) in [5, 5.41) is 9.91. The van der Waals surface area contributed by atoms with Gasteiger partial charge in [-0.15, -0.1) is 11.8 Å². The molecule has 0 unspecified atom stereocenters. The molecule has 18 heavy (non-hydrogen) atoms. The van der Waals surface area contributed by atoms with E-state index in [1.165, 1.54) is 0 Å². The molecular formula is C14H13N3S. The van der Waals surface area contributed by atoms with Crippen molar-refractivity contribution in [2.24, 2.45) is 0 Å². The molecule has 2 rings (SSSR count). The van der Waals surface area contributed by atoms with Crippen LogP contribution in [0.3, 0.4) is 0 Å². The standard InChI is InChI=1S/C14H13N3S/c1-3-18-14-12(9-15)10(2)16-13(17-14)11-7-5-4-6-8-11/h4-8H,3H2,1-2H3. The largest absolute Gasteiger partial charge is 0.232 e. The molecule has 1 aromatic heterocycles. The van der Waals surface area contributed by atoms with Crippen molar-refractivity contribution in [3.8, 4) is 17.5 Å². The van der Waals surface area contributed by atoms with Crippen molar-refractivity contribution in [2.75, 3.05) is 5.75 Å². The average molecular weight is 255 g/mol. The Labute approximate surface area is 111 Å². The highest BCUT2D eigenvalue weighted by molar-refractivity contribution is 7.99. The number of rotatable bonds is 3. The first-order valence-corrected chi connectivity index (χ1v) is 6.71. The molecule has 0 fully saturated rings. The van der Waals surface area contributed by atoms with Crippen LogP contribution in [0, 0.1) is 18.3 Å². The number of hydrogen-bond acceptors (Lipinski definition) is 4. The quantitative estimate of drug-likeness (QED) is 0.622. The van der Waals surface area contributed by atoms with E-state index in [4.69, 9.17) is 5.26 Å². The number of nitrogens with zero attached hydrogens (tertiary/aromatic N) is 3. The first-order chi connectivity index (χ1) is 8.76. The van der Waals surface area contributed by atoms with Gasteiger partial charge in [0.15, 0.2) is 5.82 Å². The minimum absolute atomic E-state index is 0.585. The Morgan fingerprint density at radius 2 is 1.94 bits per heavy atom. The van der Waals surface area contributed by atoms with Crippen LogP contribution in [0.1, 0.15) is 18.2 Å². The summed E-state index contributed by atoms with van der Waals surface area (Å²) in [6.07, 6.45) is 0. The van der Waals surface area contributed by atoms with E-state index in [1.54, 1.807) is 11.8 Å². The smallest absolute Gasteiger partial charge is 0.160 e. The highest BCUT2D eigenvalue weighted by Crippen LogP contribution is 2.25. The van der Waals surface area contributed by atoms with Crippen LogP contribution in [0.15, 0.2) is 35.4 Å². The zero-order valence-electron chi connectivity index (χ0n) is 10.3. The third-order valence-electron chi connectivity index (χ3n) is 2.48. The van der Waals surface area contributed by atoms with Gasteiger partial charge in [-0.05, 0) is 12.7 Å². The lowest BCUT2D eigenvalue weighted by molar-refractivity contribution is 0.998. The Bertz CT molecular complexity index is 588. The second-order valence-electron chi connectivity index (χ2n) is 3.72. The zero-order valence-corrected chi connectivity index (χ0v) is 11.2. The van der Waals surface area contributed by atoms with Gasteiger partial charge in [0.1, 0.15) is 16.7 Å². The third kappa shape index (κ3) is 2.52. The molecule has 0 spiro atoms. The van der Waals surface area contributed by atoms with Crippen LogP contribution in [0.25, 0.3) is 11.4 Å². The second-order valence-corrected chi connectivity index (χ2v) is 4.98. The number of thioether (sulfide) groups is 1. The molecular weight excluding hydrogens is 242 g/mol. The van der Waals surface area contributed by atoms with Gasteiger partial charge in [-0.2, -0.15) is 5.26 Å². The fourth-order valence-corrected chi connectivity index (χ4v) is 2.39. The summed E-state index contributed by atoms with van der Waals surface area (Å²) in [5.41, 5.74) is 2.30. The summed E-state index contributed by atoms with van der Waals surface area (Å²) in [5.74, 6) is 1.57. The van der Waals surface area contributed by atoms with Crippen LogP contribution in [0.2, 0.25) is 0 Å². The van der Waals surface area contributed by atoms with Crippen molar-refractivity contribution >= 4 is 11.8 Å². The molecule has 0 amide bonds. The summed E-state index contributed by atoms with van der Waals surface area (Å²) < 4.78 is 0. The Morgan fingerprint density at radius 3 is 2.56 bits per heavy atom. The van der Waals surface area contributed by atoms with Crippen LogP contribution in [-0.2, 0) is 0 Å². The number of nitriles is 1. The lowest BCUT2D eigenvalue weighted by Gasteiger charge is -2.07. The third-order valence-corrected chi connectivity index (χ3v) is 3.34. The van der Waals surface area contributed by atoms with Crippen molar-refractivity contribution in [3.05, 3.63) is 41.6 Å². The second kappa shape index (κ2) is 5.65. The SMILES string of the molecule is CCSc1nc(-c2ccccc2)nc(C)c1C#N. The van der Waals surface area contributed by atoms with Gasteiger partial charge in [0, 0.05) is 5.56 Å². The van der Waals surface area contributed by atoms with E-state index in [9.17, 15) is 0 Å². The van der Waals surface area contributed by atoms with Gasteiger partial charge in [0.2, 0.25) is 0 Å². The summed E-state index contributed by atoms with van der Waals surface area (Å²) in [6, 6.07) is 12.0.